The number of nitrogens with one attached hydrogen (secondary N) is 1. The first-order chi connectivity index (χ1) is 8.52. The monoisotopic (exact) mass is 254 g/mol. The van der Waals surface area contributed by atoms with Crippen LogP contribution in [0.15, 0.2) is 0 Å². The maximum absolute atomic E-state index is 12.2. The molecule has 2 fully saturated rings. The summed E-state index contributed by atoms with van der Waals surface area (Å²) in [5.41, 5.74) is 0. The lowest BCUT2D eigenvalue weighted by Crippen LogP contribution is -2.55. The van der Waals surface area contributed by atoms with Gasteiger partial charge in [-0.3, -0.25) is 15.0 Å². The molecule has 2 heterocycles. The third kappa shape index (κ3) is 2.68. The van der Waals surface area contributed by atoms with Crippen molar-refractivity contribution >= 4 is 5.91 Å². The molecule has 0 spiro atoms. The molecule has 5 heteroatoms. The van der Waals surface area contributed by atoms with Crippen molar-refractivity contribution < 1.29 is 4.79 Å². The average molecular weight is 254 g/mol. The van der Waals surface area contributed by atoms with Gasteiger partial charge in [0.25, 0.3) is 0 Å². The maximum atomic E-state index is 12.2. The van der Waals surface area contributed by atoms with E-state index in [2.05, 4.69) is 43.1 Å². The Morgan fingerprint density at radius 2 is 2.06 bits per heavy atom. The molecule has 5 nitrogen and oxygen atoms in total. The van der Waals surface area contributed by atoms with Crippen molar-refractivity contribution in [3.05, 3.63) is 0 Å². The van der Waals surface area contributed by atoms with E-state index in [0.717, 1.165) is 32.6 Å². The lowest BCUT2D eigenvalue weighted by Gasteiger charge is -2.40. The predicted octanol–water partition coefficient (Wildman–Crippen LogP) is -0.211. The summed E-state index contributed by atoms with van der Waals surface area (Å²) in [6.45, 7) is 8.23. The molecule has 1 amide bonds. The van der Waals surface area contributed by atoms with Crippen LogP contribution in [0.3, 0.4) is 0 Å². The van der Waals surface area contributed by atoms with Crippen molar-refractivity contribution in [2.75, 3.05) is 40.3 Å². The average Bonchev–Trinajstić information content (AvgIpc) is 2.61. The molecule has 104 valence electrons. The normalized spacial score (nSPS) is 35.4. The molecule has 0 aromatic heterocycles. The van der Waals surface area contributed by atoms with E-state index >= 15 is 0 Å². The lowest BCUT2D eigenvalue weighted by molar-refractivity contribution is -0.130. The Hall–Kier alpha value is -0.650. The van der Waals surface area contributed by atoms with Gasteiger partial charge in [0.05, 0.1) is 12.2 Å². The highest BCUT2D eigenvalue weighted by molar-refractivity contribution is 5.84. The Morgan fingerprint density at radius 3 is 2.67 bits per heavy atom. The quantitative estimate of drug-likeness (QED) is 0.756. The molecule has 3 atom stereocenters. The van der Waals surface area contributed by atoms with Gasteiger partial charge in [0, 0.05) is 32.2 Å². The Bertz CT molecular complexity index is 309. The SMILES string of the molecule is CCC1NC(C)N(CC2CN(C)CCN2C)C1=O. The highest BCUT2D eigenvalue weighted by Gasteiger charge is 2.37. The number of piperazine rings is 1. The summed E-state index contributed by atoms with van der Waals surface area (Å²) in [6, 6.07) is 0.471. The van der Waals surface area contributed by atoms with Crippen LogP contribution >= 0.6 is 0 Å². The van der Waals surface area contributed by atoms with Crippen LogP contribution in [-0.4, -0.2) is 79.1 Å². The fourth-order valence-electron chi connectivity index (χ4n) is 2.91. The Labute approximate surface area is 110 Å². The second-order valence-electron chi connectivity index (χ2n) is 5.69. The van der Waals surface area contributed by atoms with Crippen LogP contribution < -0.4 is 5.32 Å². The van der Waals surface area contributed by atoms with E-state index < -0.39 is 0 Å². The summed E-state index contributed by atoms with van der Waals surface area (Å²) in [5.74, 6) is 0.270. The van der Waals surface area contributed by atoms with Crippen molar-refractivity contribution in [2.24, 2.45) is 0 Å². The van der Waals surface area contributed by atoms with Gasteiger partial charge in [-0.25, -0.2) is 0 Å². The van der Waals surface area contributed by atoms with E-state index in [-0.39, 0.29) is 18.1 Å². The summed E-state index contributed by atoms with van der Waals surface area (Å²) in [6.07, 6.45) is 1.04. The third-order valence-corrected chi connectivity index (χ3v) is 4.29. The molecule has 0 aromatic rings. The highest BCUT2D eigenvalue weighted by atomic mass is 16.2. The molecule has 0 aliphatic carbocycles. The van der Waals surface area contributed by atoms with Crippen molar-refractivity contribution in [1.82, 2.24) is 20.0 Å². The first-order valence-electron chi connectivity index (χ1n) is 6.98. The number of nitrogens with zero attached hydrogens (tertiary/aromatic N) is 3. The van der Waals surface area contributed by atoms with Gasteiger partial charge in [-0.05, 0) is 27.4 Å². The summed E-state index contributed by atoms with van der Waals surface area (Å²) >= 11 is 0. The Kier molecular flexibility index (Phi) is 4.25. The number of carbonyl (C=O) groups excluding carboxylic acids is 1. The number of rotatable bonds is 3. The van der Waals surface area contributed by atoms with E-state index in [1.165, 1.54) is 0 Å². The minimum absolute atomic E-state index is 0.0200. The maximum Gasteiger partial charge on any atom is 0.241 e. The molecule has 2 aliphatic heterocycles. The van der Waals surface area contributed by atoms with Crippen molar-refractivity contribution in [2.45, 2.75) is 38.5 Å². The molecule has 0 saturated carbocycles. The van der Waals surface area contributed by atoms with E-state index in [4.69, 9.17) is 0 Å². The highest BCUT2D eigenvalue weighted by Crippen LogP contribution is 2.16. The summed E-state index contributed by atoms with van der Waals surface area (Å²) in [5, 5.41) is 3.36. The van der Waals surface area contributed by atoms with Crippen LogP contribution in [0.2, 0.25) is 0 Å². The first kappa shape index (κ1) is 13.8. The molecule has 2 saturated heterocycles. The van der Waals surface area contributed by atoms with Gasteiger partial charge >= 0.3 is 0 Å². The number of likely N-dealkylation sites (N-methyl/N-ethyl adjacent to an activating group) is 2. The number of carbonyl (C=O) groups is 1. The fraction of sp³-hybridized carbons (Fsp3) is 0.923. The molecule has 18 heavy (non-hydrogen) atoms. The second-order valence-corrected chi connectivity index (χ2v) is 5.69. The van der Waals surface area contributed by atoms with Gasteiger partial charge in [-0.1, -0.05) is 6.92 Å². The smallest absolute Gasteiger partial charge is 0.241 e. The fourth-order valence-corrected chi connectivity index (χ4v) is 2.91. The predicted molar refractivity (Wildman–Crippen MR) is 72.3 cm³/mol. The molecule has 2 aliphatic rings. The van der Waals surface area contributed by atoms with Crippen LogP contribution in [0.5, 0.6) is 0 Å². The number of amides is 1. The molecule has 2 rings (SSSR count). The molecule has 1 N–H and O–H groups in total. The van der Waals surface area contributed by atoms with E-state index in [1.807, 2.05) is 4.90 Å². The van der Waals surface area contributed by atoms with E-state index in [9.17, 15) is 4.79 Å². The van der Waals surface area contributed by atoms with Gasteiger partial charge in [0.15, 0.2) is 0 Å². The van der Waals surface area contributed by atoms with Crippen molar-refractivity contribution in [3.8, 4) is 0 Å². The standard InChI is InChI=1S/C13H26N4O/c1-5-12-13(18)17(10(2)14-12)9-11-8-15(3)6-7-16(11)4/h10-12,14H,5-9H2,1-4H3. The molecule has 0 bridgehead atoms. The van der Waals surface area contributed by atoms with Crippen LogP contribution in [0, 0.1) is 0 Å². The summed E-state index contributed by atoms with van der Waals surface area (Å²) < 4.78 is 0. The van der Waals surface area contributed by atoms with Gasteiger partial charge in [-0.15, -0.1) is 0 Å². The molecule has 3 unspecified atom stereocenters. The van der Waals surface area contributed by atoms with Crippen LogP contribution in [0.25, 0.3) is 0 Å². The van der Waals surface area contributed by atoms with Crippen LogP contribution in [0.1, 0.15) is 20.3 Å². The number of hydrogen-bond acceptors (Lipinski definition) is 4. The Balaban J connectivity index is 1.98. The zero-order valence-corrected chi connectivity index (χ0v) is 12.0. The molecular formula is C13H26N4O. The van der Waals surface area contributed by atoms with E-state index in [1.54, 1.807) is 0 Å². The van der Waals surface area contributed by atoms with Crippen molar-refractivity contribution in [1.29, 1.82) is 0 Å². The lowest BCUT2D eigenvalue weighted by atomic mass is 10.1. The largest absolute Gasteiger partial charge is 0.324 e. The zero-order valence-electron chi connectivity index (χ0n) is 12.0. The minimum atomic E-state index is 0.0200. The van der Waals surface area contributed by atoms with Gasteiger partial charge in [-0.2, -0.15) is 0 Å². The number of hydrogen-bond donors (Lipinski definition) is 1. The van der Waals surface area contributed by atoms with Crippen LogP contribution in [-0.2, 0) is 4.79 Å². The Morgan fingerprint density at radius 1 is 1.33 bits per heavy atom. The van der Waals surface area contributed by atoms with Gasteiger partial charge < -0.3 is 9.80 Å². The minimum Gasteiger partial charge on any atom is -0.324 e. The molecule has 0 aromatic carbocycles. The van der Waals surface area contributed by atoms with E-state index in [0.29, 0.717) is 6.04 Å². The first-order valence-corrected chi connectivity index (χ1v) is 6.98. The summed E-state index contributed by atoms with van der Waals surface area (Å²) in [4.78, 5) is 19.0. The summed E-state index contributed by atoms with van der Waals surface area (Å²) in [7, 11) is 4.32. The van der Waals surface area contributed by atoms with Crippen LogP contribution in [0.4, 0.5) is 0 Å². The molecular weight excluding hydrogens is 228 g/mol. The zero-order chi connectivity index (χ0) is 13.3. The third-order valence-electron chi connectivity index (χ3n) is 4.29. The molecule has 0 radical (unpaired) electrons. The van der Waals surface area contributed by atoms with Crippen molar-refractivity contribution in [3.63, 3.8) is 0 Å². The van der Waals surface area contributed by atoms with Gasteiger partial charge in [0.2, 0.25) is 5.91 Å². The second kappa shape index (κ2) is 5.55. The topological polar surface area (TPSA) is 38.8 Å². The van der Waals surface area contributed by atoms with Gasteiger partial charge in [0.1, 0.15) is 0 Å².